The molecule has 0 aromatic heterocycles. The standard InChI is InChI=1S/C26H37N3O4S/c1-6-23(26(31)27-4)28(18-16-22-11-8-7-9-12-22)25(30)13-10-17-29(34(5,32)33)24-19-20(2)14-15-21(24)3/h7-9,11-12,14-15,19,23H,6,10,13,16-18H2,1-5H3,(H,27,31)/t23-/m0/s1. The van der Waals surface area contributed by atoms with E-state index in [1.807, 2.05) is 69.3 Å². The van der Waals surface area contributed by atoms with Crippen LogP contribution in [0.1, 0.15) is 42.9 Å². The van der Waals surface area contributed by atoms with Gasteiger partial charge in [-0.25, -0.2) is 8.42 Å². The number of carbonyl (C=O) groups excluding carboxylic acids is 2. The fourth-order valence-corrected chi connectivity index (χ4v) is 5.05. The van der Waals surface area contributed by atoms with E-state index in [1.54, 1.807) is 11.9 Å². The molecule has 2 aromatic carbocycles. The van der Waals surface area contributed by atoms with Crippen LogP contribution >= 0.6 is 0 Å². The maximum Gasteiger partial charge on any atom is 0.242 e. The van der Waals surface area contributed by atoms with Crippen molar-refractivity contribution in [3.8, 4) is 0 Å². The lowest BCUT2D eigenvalue weighted by Gasteiger charge is -2.31. The van der Waals surface area contributed by atoms with Crippen molar-refractivity contribution in [1.29, 1.82) is 0 Å². The van der Waals surface area contributed by atoms with E-state index in [2.05, 4.69) is 5.32 Å². The Balaban J connectivity index is 2.16. The number of carbonyl (C=O) groups is 2. The molecule has 2 rings (SSSR count). The molecule has 7 nitrogen and oxygen atoms in total. The van der Waals surface area contributed by atoms with Crippen molar-refractivity contribution in [3.05, 3.63) is 65.2 Å². The number of hydrogen-bond acceptors (Lipinski definition) is 4. The van der Waals surface area contributed by atoms with Gasteiger partial charge in [-0.1, -0.05) is 49.4 Å². The third-order valence-corrected chi connectivity index (χ3v) is 7.08. The van der Waals surface area contributed by atoms with Gasteiger partial charge in [-0.3, -0.25) is 13.9 Å². The maximum absolute atomic E-state index is 13.3. The molecule has 0 spiro atoms. The molecule has 186 valence electrons. The molecule has 34 heavy (non-hydrogen) atoms. The molecule has 0 aliphatic heterocycles. The predicted molar refractivity (Wildman–Crippen MR) is 137 cm³/mol. The number of nitrogens with zero attached hydrogens (tertiary/aromatic N) is 2. The molecule has 1 atom stereocenters. The monoisotopic (exact) mass is 487 g/mol. The number of benzene rings is 2. The summed E-state index contributed by atoms with van der Waals surface area (Å²) in [5.41, 5.74) is 3.55. The maximum atomic E-state index is 13.3. The van der Waals surface area contributed by atoms with Gasteiger partial charge in [0, 0.05) is 26.6 Å². The normalized spacial score (nSPS) is 12.1. The van der Waals surface area contributed by atoms with E-state index < -0.39 is 16.1 Å². The van der Waals surface area contributed by atoms with Gasteiger partial charge < -0.3 is 10.2 Å². The molecule has 0 aliphatic rings. The summed E-state index contributed by atoms with van der Waals surface area (Å²) in [4.78, 5) is 27.4. The summed E-state index contributed by atoms with van der Waals surface area (Å²) < 4.78 is 26.4. The molecule has 0 fully saturated rings. The molecule has 0 saturated carbocycles. The van der Waals surface area contributed by atoms with E-state index in [1.165, 1.54) is 10.6 Å². The quantitative estimate of drug-likeness (QED) is 0.497. The smallest absolute Gasteiger partial charge is 0.242 e. The van der Waals surface area contributed by atoms with Crippen molar-refractivity contribution in [3.63, 3.8) is 0 Å². The van der Waals surface area contributed by atoms with E-state index in [0.717, 1.165) is 16.7 Å². The first-order chi connectivity index (χ1) is 16.1. The highest BCUT2D eigenvalue weighted by molar-refractivity contribution is 7.92. The molecule has 1 N–H and O–H groups in total. The van der Waals surface area contributed by atoms with Crippen LogP contribution in [-0.2, 0) is 26.0 Å². The van der Waals surface area contributed by atoms with E-state index in [-0.39, 0.29) is 24.8 Å². The minimum Gasteiger partial charge on any atom is -0.357 e. The summed E-state index contributed by atoms with van der Waals surface area (Å²) in [6.07, 6.45) is 2.82. The van der Waals surface area contributed by atoms with Crippen LogP contribution in [0.2, 0.25) is 0 Å². The first-order valence-corrected chi connectivity index (χ1v) is 13.5. The average molecular weight is 488 g/mol. The first kappa shape index (κ1) is 27.4. The Morgan fingerprint density at radius 3 is 2.29 bits per heavy atom. The van der Waals surface area contributed by atoms with E-state index in [9.17, 15) is 18.0 Å². The molecule has 0 radical (unpaired) electrons. The van der Waals surface area contributed by atoms with Crippen LogP contribution in [0, 0.1) is 13.8 Å². The summed E-state index contributed by atoms with van der Waals surface area (Å²) in [7, 11) is -1.95. The van der Waals surface area contributed by atoms with E-state index in [4.69, 9.17) is 0 Å². The Labute approximate surface area is 204 Å². The molecule has 0 heterocycles. The number of sulfonamides is 1. The molecule has 2 amide bonds. The van der Waals surface area contributed by atoms with Crippen LogP contribution in [0.25, 0.3) is 0 Å². The molecule has 0 unspecified atom stereocenters. The molecule has 8 heteroatoms. The lowest BCUT2D eigenvalue weighted by Crippen LogP contribution is -2.49. The van der Waals surface area contributed by atoms with Gasteiger partial charge in [0.25, 0.3) is 0 Å². The average Bonchev–Trinajstić information content (AvgIpc) is 2.80. The molecule has 0 bridgehead atoms. The van der Waals surface area contributed by atoms with Gasteiger partial charge in [0.15, 0.2) is 0 Å². The topological polar surface area (TPSA) is 86.8 Å². The van der Waals surface area contributed by atoms with Crippen molar-refractivity contribution >= 4 is 27.5 Å². The zero-order chi connectivity index (χ0) is 25.3. The van der Waals surface area contributed by atoms with Crippen LogP contribution in [0.15, 0.2) is 48.5 Å². The predicted octanol–water partition coefficient (Wildman–Crippen LogP) is 3.45. The second-order valence-electron chi connectivity index (χ2n) is 8.59. The second-order valence-corrected chi connectivity index (χ2v) is 10.5. The van der Waals surface area contributed by atoms with Gasteiger partial charge in [-0.2, -0.15) is 0 Å². The van der Waals surface area contributed by atoms with Crippen LogP contribution in [0.3, 0.4) is 0 Å². The van der Waals surface area contributed by atoms with Gasteiger partial charge in [0.1, 0.15) is 6.04 Å². The van der Waals surface area contributed by atoms with Crippen molar-refractivity contribution in [1.82, 2.24) is 10.2 Å². The number of nitrogens with one attached hydrogen (secondary N) is 1. The summed E-state index contributed by atoms with van der Waals surface area (Å²) in [5.74, 6) is -0.349. The number of aryl methyl sites for hydroxylation is 2. The first-order valence-electron chi connectivity index (χ1n) is 11.7. The Hall–Kier alpha value is -2.87. The Morgan fingerprint density at radius 2 is 1.71 bits per heavy atom. The lowest BCUT2D eigenvalue weighted by molar-refractivity contribution is -0.140. The van der Waals surface area contributed by atoms with Gasteiger partial charge in [-0.05, 0) is 55.9 Å². The summed E-state index contributed by atoms with van der Waals surface area (Å²) >= 11 is 0. The fraction of sp³-hybridized carbons (Fsp3) is 0.462. The van der Waals surface area contributed by atoms with E-state index in [0.29, 0.717) is 31.5 Å². The Kier molecular flexibility index (Phi) is 10.1. The summed E-state index contributed by atoms with van der Waals surface area (Å²) in [5, 5.41) is 2.66. The number of anilines is 1. The highest BCUT2D eigenvalue weighted by atomic mass is 32.2. The van der Waals surface area contributed by atoms with Gasteiger partial charge in [0.2, 0.25) is 21.8 Å². The number of amides is 2. The highest BCUT2D eigenvalue weighted by Crippen LogP contribution is 2.24. The van der Waals surface area contributed by atoms with Crippen molar-refractivity contribution in [2.45, 2.75) is 52.5 Å². The highest BCUT2D eigenvalue weighted by Gasteiger charge is 2.28. The third-order valence-electron chi connectivity index (χ3n) is 5.90. The van der Waals surface area contributed by atoms with Gasteiger partial charge in [-0.15, -0.1) is 0 Å². The SMILES string of the molecule is CC[C@@H](C(=O)NC)N(CCc1ccccc1)C(=O)CCCN(c1cc(C)ccc1C)S(C)(=O)=O. The molecular formula is C26H37N3O4S. The lowest BCUT2D eigenvalue weighted by atomic mass is 10.1. The zero-order valence-corrected chi connectivity index (χ0v) is 21.7. The van der Waals surface area contributed by atoms with Crippen molar-refractivity contribution in [2.75, 3.05) is 30.7 Å². The van der Waals surface area contributed by atoms with Crippen molar-refractivity contribution < 1.29 is 18.0 Å². The molecule has 0 aliphatic carbocycles. The van der Waals surface area contributed by atoms with Crippen LogP contribution in [-0.4, -0.2) is 57.6 Å². The zero-order valence-electron chi connectivity index (χ0n) is 20.9. The van der Waals surface area contributed by atoms with Crippen LogP contribution < -0.4 is 9.62 Å². The number of rotatable bonds is 12. The van der Waals surface area contributed by atoms with E-state index >= 15 is 0 Å². The second kappa shape index (κ2) is 12.6. The number of likely N-dealkylation sites (N-methyl/N-ethyl adjacent to an activating group) is 1. The van der Waals surface area contributed by atoms with Gasteiger partial charge in [0.05, 0.1) is 11.9 Å². The van der Waals surface area contributed by atoms with Crippen molar-refractivity contribution in [2.24, 2.45) is 0 Å². The molecular weight excluding hydrogens is 450 g/mol. The van der Waals surface area contributed by atoms with Gasteiger partial charge >= 0.3 is 0 Å². The van der Waals surface area contributed by atoms with Crippen LogP contribution in [0.5, 0.6) is 0 Å². The summed E-state index contributed by atoms with van der Waals surface area (Å²) in [6.45, 7) is 6.29. The largest absolute Gasteiger partial charge is 0.357 e. The minimum atomic E-state index is -3.52. The molecule has 0 saturated heterocycles. The Bertz CT molecular complexity index is 1070. The fourth-order valence-electron chi connectivity index (χ4n) is 4.03. The molecule has 2 aromatic rings. The number of hydrogen-bond donors (Lipinski definition) is 1. The minimum absolute atomic E-state index is 0.152. The van der Waals surface area contributed by atoms with Crippen LogP contribution in [0.4, 0.5) is 5.69 Å². The third kappa shape index (κ3) is 7.58. The summed E-state index contributed by atoms with van der Waals surface area (Å²) in [6, 6.07) is 15.0. The Morgan fingerprint density at radius 1 is 1.03 bits per heavy atom.